The van der Waals surface area contributed by atoms with Crippen molar-refractivity contribution < 1.29 is 9.18 Å². The Morgan fingerprint density at radius 1 is 1.00 bits per heavy atom. The van der Waals surface area contributed by atoms with E-state index in [9.17, 15) is 9.18 Å². The summed E-state index contributed by atoms with van der Waals surface area (Å²) in [4.78, 5) is 15.0. The van der Waals surface area contributed by atoms with Gasteiger partial charge in [0.2, 0.25) is 5.91 Å². The SMILES string of the molecule is CN(C(=O)C(C)(c1ccccc1)c1ccccc1)c1c(F)cc(Cl)cc1Br. The summed E-state index contributed by atoms with van der Waals surface area (Å²) >= 11 is 9.24. The molecule has 0 bridgehead atoms. The van der Waals surface area contributed by atoms with E-state index in [-0.39, 0.29) is 16.6 Å². The van der Waals surface area contributed by atoms with Crippen LogP contribution in [0.2, 0.25) is 5.02 Å². The summed E-state index contributed by atoms with van der Waals surface area (Å²) in [5, 5.41) is 0.262. The molecule has 0 N–H and O–H groups in total. The highest BCUT2D eigenvalue weighted by molar-refractivity contribution is 9.10. The number of carbonyl (C=O) groups excluding carboxylic acids is 1. The second-order valence-electron chi connectivity index (χ2n) is 6.44. The van der Waals surface area contributed by atoms with Gasteiger partial charge >= 0.3 is 0 Å². The molecule has 3 aromatic carbocycles. The number of hydrogen-bond donors (Lipinski definition) is 0. The van der Waals surface area contributed by atoms with Crippen molar-refractivity contribution in [3.63, 3.8) is 0 Å². The van der Waals surface area contributed by atoms with E-state index in [0.29, 0.717) is 4.47 Å². The Hall–Kier alpha value is -2.17. The minimum Gasteiger partial charge on any atom is -0.311 e. The predicted octanol–water partition coefficient (Wildman–Crippen LogP) is 6.21. The van der Waals surface area contributed by atoms with Gasteiger partial charge in [0.15, 0.2) is 0 Å². The topological polar surface area (TPSA) is 20.3 Å². The van der Waals surface area contributed by atoms with Crippen LogP contribution in [0.15, 0.2) is 77.3 Å². The van der Waals surface area contributed by atoms with Crippen LogP contribution in [0.3, 0.4) is 0 Å². The maximum atomic E-state index is 14.6. The van der Waals surface area contributed by atoms with Gasteiger partial charge in [0.25, 0.3) is 0 Å². The van der Waals surface area contributed by atoms with Gasteiger partial charge in [-0.2, -0.15) is 0 Å². The van der Waals surface area contributed by atoms with E-state index in [2.05, 4.69) is 15.9 Å². The van der Waals surface area contributed by atoms with Gasteiger partial charge in [-0.1, -0.05) is 72.3 Å². The van der Waals surface area contributed by atoms with Crippen molar-refractivity contribution in [2.24, 2.45) is 0 Å². The molecule has 0 unspecified atom stereocenters. The number of anilines is 1. The van der Waals surface area contributed by atoms with E-state index in [1.54, 1.807) is 13.1 Å². The fourth-order valence-electron chi connectivity index (χ4n) is 3.25. The summed E-state index contributed by atoms with van der Waals surface area (Å²) in [6, 6.07) is 21.8. The number of likely N-dealkylation sites (N-methyl/N-ethyl adjacent to an activating group) is 1. The molecule has 0 fully saturated rings. The van der Waals surface area contributed by atoms with Crippen LogP contribution in [0.5, 0.6) is 0 Å². The average Bonchev–Trinajstić information content (AvgIpc) is 2.67. The first kappa shape index (κ1) is 19.6. The molecule has 0 aromatic heterocycles. The molecule has 5 heteroatoms. The molecule has 2 nitrogen and oxygen atoms in total. The van der Waals surface area contributed by atoms with E-state index < -0.39 is 11.2 Å². The smallest absolute Gasteiger partial charge is 0.241 e. The largest absolute Gasteiger partial charge is 0.311 e. The zero-order valence-corrected chi connectivity index (χ0v) is 17.3. The van der Waals surface area contributed by atoms with E-state index >= 15 is 0 Å². The summed E-state index contributed by atoms with van der Waals surface area (Å²) in [6.07, 6.45) is 0. The number of halogens is 3. The number of carbonyl (C=O) groups is 1. The number of hydrogen-bond acceptors (Lipinski definition) is 1. The number of rotatable bonds is 4. The second kappa shape index (κ2) is 7.83. The van der Waals surface area contributed by atoms with E-state index in [0.717, 1.165) is 11.1 Å². The fraction of sp³-hybridized carbons (Fsp3) is 0.136. The van der Waals surface area contributed by atoms with Gasteiger partial charge in [0.1, 0.15) is 5.82 Å². The van der Waals surface area contributed by atoms with Crippen LogP contribution >= 0.6 is 27.5 Å². The molecule has 3 aromatic rings. The third kappa shape index (κ3) is 3.64. The van der Waals surface area contributed by atoms with Gasteiger partial charge in [-0.15, -0.1) is 0 Å². The first-order valence-electron chi connectivity index (χ1n) is 8.39. The normalized spacial score (nSPS) is 11.3. The van der Waals surface area contributed by atoms with Gasteiger partial charge in [0, 0.05) is 16.5 Å². The highest BCUT2D eigenvalue weighted by Gasteiger charge is 2.40. The van der Waals surface area contributed by atoms with Crippen LogP contribution in [-0.4, -0.2) is 13.0 Å². The molecule has 0 spiro atoms. The highest BCUT2D eigenvalue weighted by atomic mass is 79.9. The van der Waals surface area contributed by atoms with Crippen LogP contribution in [0.1, 0.15) is 18.1 Å². The first-order valence-corrected chi connectivity index (χ1v) is 9.56. The number of nitrogens with zero attached hydrogens (tertiary/aromatic N) is 1. The number of amides is 1. The quantitative estimate of drug-likeness (QED) is 0.466. The van der Waals surface area contributed by atoms with Gasteiger partial charge < -0.3 is 4.90 Å². The second-order valence-corrected chi connectivity index (χ2v) is 7.73. The van der Waals surface area contributed by atoms with Gasteiger partial charge in [-0.05, 0) is 46.1 Å². The molecule has 0 aliphatic heterocycles. The Kier molecular flexibility index (Phi) is 5.68. The Balaban J connectivity index is 2.15. The van der Waals surface area contributed by atoms with Crippen molar-refractivity contribution in [2.45, 2.75) is 12.3 Å². The predicted molar refractivity (Wildman–Crippen MR) is 112 cm³/mol. The van der Waals surface area contributed by atoms with Crippen LogP contribution in [-0.2, 0) is 10.2 Å². The summed E-state index contributed by atoms with van der Waals surface area (Å²) in [5.41, 5.74) is 0.836. The van der Waals surface area contributed by atoms with E-state index in [1.807, 2.05) is 67.6 Å². The minimum atomic E-state index is -0.983. The molecule has 0 aliphatic rings. The lowest BCUT2D eigenvalue weighted by Gasteiger charge is -2.34. The third-order valence-electron chi connectivity index (χ3n) is 4.75. The first-order chi connectivity index (χ1) is 12.9. The van der Waals surface area contributed by atoms with Crippen molar-refractivity contribution in [2.75, 3.05) is 11.9 Å². The molecule has 0 radical (unpaired) electrons. The molecule has 27 heavy (non-hydrogen) atoms. The average molecular weight is 447 g/mol. The summed E-state index contributed by atoms with van der Waals surface area (Å²) in [6.45, 7) is 1.86. The molecule has 0 saturated carbocycles. The van der Waals surface area contributed by atoms with Gasteiger partial charge in [-0.25, -0.2) is 4.39 Å². The summed E-state index contributed by atoms with van der Waals surface area (Å²) in [5.74, 6) is -0.810. The summed E-state index contributed by atoms with van der Waals surface area (Å²) in [7, 11) is 1.57. The molecule has 1 amide bonds. The van der Waals surface area contributed by atoms with Gasteiger partial charge in [0.05, 0.1) is 11.1 Å². The minimum absolute atomic E-state index is 0.155. The Morgan fingerprint density at radius 3 is 1.93 bits per heavy atom. The van der Waals surface area contributed by atoms with Crippen molar-refractivity contribution in [1.29, 1.82) is 0 Å². The molecular weight excluding hydrogens is 429 g/mol. The standard InChI is InChI=1S/C22H18BrClFNO/c1-22(15-9-5-3-6-10-15,16-11-7-4-8-12-16)21(27)26(2)20-18(23)13-17(24)14-19(20)25/h3-14H,1-2H3. The van der Waals surface area contributed by atoms with Crippen molar-refractivity contribution >= 4 is 39.1 Å². The lowest BCUT2D eigenvalue weighted by molar-refractivity contribution is -0.122. The van der Waals surface area contributed by atoms with Crippen molar-refractivity contribution in [3.05, 3.63) is 99.2 Å². The number of benzene rings is 3. The molecule has 0 atom stereocenters. The zero-order valence-electron chi connectivity index (χ0n) is 14.9. The van der Waals surface area contributed by atoms with Crippen LogP contribution in [0.25, 0.3) is 0 Å². The van der Waals surface area contributed by atoms with Crippen molar-refractivity contribution in [3.8, 4) is 0 Å². The lowest BCUT2D eigenvalue weighted by atomic mass is 9.75. The van der Waals surface area contributed by atoms with E-state index in [1.165, 1.54) is 11.0 Å². The lowest BCUT2D eigenvalue weighted by Crippen LogP contribution is -2.44. The molecular formula is C22H18BrClFNO. The fourth-order valence-corrected chi connectivity index (χ4v) is 4.29. The monoisotopic (exact) mass is 445 g/mol. The maximum absolute atomic E-state index is 14.6. The molecule has 3 rings (SSSR count). The molecule has 0 aliphatic carbocycles. The Labute approximate surface area is 171 Å². The highest BCUT2D eigenvalue weighted by Crippen LogP contribution is 2.38. The zero-order chi connectivity index (χ0) is 19.6. The molecule has 138 valence electrons. The third-order valence-corrected chi connectivity index (χ3v) is 5.57. The van der Waals surface area contributed by atoms with Crippen molar-refractivity contribution in [1.82, 2.24) is 0 Å². The Morgan fingerprint density at radius 2 is 1.48 bits per heavy atom. The Bertz CT molecular complexity index is 900. The van der Waals surface area contributed by atoms with Crippen LogP contribution < -0.4 is 4.90 Å². The van der Waals surface area contributed by atoms with Crippen LogP contribution in [0.4, 0.5) is 10.1 Å². The maximum Gasteiger partial charge on any atom is 0.241 e. The van der Waals surface area contributed by atoms with Crippen LogP contribution in [0, 0.1) is 5.82 Å². The van der Waals surface area contributed by atoms with Gasteiger partial charge in [-0.3, -0.25) is 4.79 Å². The molecule has 0 saturated heterocycles. The molecule has 0 heterocycles. The van der Waals surface area contributed by atoms with E-state index in [4.69, 9.17) is 11.6 Å². The summed E-state index contributed by atoms with van der Waals surface area (Å²) < 4.78 is 15.0.